The highest BCUT2D eigenvalue weighted by Gasteiger charge is 2.30. The Kier molecular flexibility index (Phi) is 6.08. The Morgan fingerprint density at radius 2 is 2.05 bits per heavy atom. The summed E-state index contributed by atoms with van der Waals surface area (Å²) in [7, 11) is 1.65. The quantitative estimate of drug-likeness (QED) is 0.646. The third kappa shape index (κ3) is 5.06. The molecule has 1 fully saturated rings. The van der Waals surface area contributed by atoms with E-state index in [0.717, 1.165) is 25.7 Å². The maximum atomic E-state index is 11.9. The van der Waals surface area contributed by atoms with Gasteiger partial charge >= 0.3 is 12.0 Å². The van der Waals surface area contributed by atoms with Crippen LogP contribution >= 0.6 is 0 Å². The average molecular weight is 272 g/mol. The van der Waals surface area contributed by atoms with Crippen molar-refractivity contribution in [3.8, 4) is 0 Å². The Bertz CT molecular complexity index is 316. The molecule has 110 valence electrons. The molecule has 0 aromatic carbocycles. The number of aliphatic hydroxyl groups is 1. The van der Waals surface area contributed by atoms with Crippen LogP contribution < -0.4 is 5.32 Å². The number of nitrogens with zero attached hydrogens (tertiary/aromatic N) is 1. The number of rotatable bonds is 7. The van der Waals surface area contributed by atoms with Gasteiger partial charge in [0.2, 0.25) is 0 Å². The smallest absolute Gasteiger partial charge is 0.326 e. The molecule has 0 aromatic rings. The van der Waals surface area contributed by atoms with Crippen molar-refractivity contribution in [1.29, 1.82) is 0 Å². The summed E-state index contributed by atoms with van der Waals surface area (Å²) in [6, 6.07) is -1.17. The van der Waals surface area contributed by atoms with Gasteiger partial charge in [0.1, 0.15) is 6.04 Å². The molecule has 3 N–H and O–H groups in total. The monoisotopic (exact) mass is 272 g/mol. The van der Waals surface area contributed by atoms with Crippen molar-refractivity contribution in [1.82, 2.24) is 10.2 Å². The van der Waals surface area contributed by atoms with Gasteiger partial charge in [0.15, 0.2) is 0 Å². The lowest BCUT2D eigenvalue weighted by Gasteiger charge is -2.34. The van der Waals surface area contributed by atoms with Gasteiger partial charge < -0.3 is 20.4 Å². The number of carboxylic acids is 1. The minimum atomic E-state index is -0.991. The number of unbranched alkanes of at least 4 members (excludes halogenated alkanes) is 1. The topological polar surface area (TPSA) is 89.9 Å². The Morgan fingerprint density at radius 1 is 1.42 bits per heavy atom. The molecule has 6 heteroatoms. The van der Waals surface area contributed by atoms with Crippen LogP contribution in [0.5, 0.6) is 0 Å². The molecule has 1 aliphatic rings. The third-order valence-corrected chi connectivity index (χ3v) is 3.53. The van der Waals surface area contributed by atoms with Crippen molar-refractivity contribution >= 4 is 12.0 Å². The second-order valence-electron chi connectivity index (χ2n) is 5.35. The minimum Gasteiger partial charge on any atom is -0.480 e. The van der Waals surface area contributed by atoms with Crippen LogP contribution in [-0.4, -0.2) is 52.9 Å². The lowest BCUT2D eigenvalue weighted by atomic mass is 9.82. The third-order valence-electron chi connectivity index (χ3n) is 3.53. The molecular formula is C13H24N2O4. The first-order valence-corrected chi connectivity index (χ1v) is 6.86. The molecule has 0 aliphatic heterocycles. The van der Waals surface area contributed by atoms with E-state index in [9.17, 15) is 14.7 Å². The molecule has 6 nitrogen and oxygen atoms in total. The number of hydrogen-bond acceptors (Lipinski definition) is 3. The van der Waals surface area contributed by atoms with Crippen LogP contribution in [0.1, 0.15) is 39.0 Å². The Balaban J connectivity index is 2.35. The molecule has 0 spiro atoms. The van der Waals surface area contributed by atoms with Crippen molar-refractivity contribution in [2.45, 2.75) is 51.2 Å². The second kappa shape index (κ2) is 7.33. The molecule has 1 aliphatic carbocycles. The van der Waals surface area contributed by atoms with Gasteiger partial charge in [0.25, 0.3) is 0 Å². The normalized spacial score (nSPS) is 23.3. The first-order valence-electron chi connectivity index (χ1n) is 6.86. The number of urea groups is 1. The number of carboxylic acid groups (broad SMARTS) is 1. The van der Waals surface area contributed by atoms with Gasteiger partial charge in [-0.3, -0.25) is 0 Å². The number of carbonyl (C=O) groups excluding carboxylic acids is 1. The highest BCUT2D eigenvalue weighted by atomic mass is 16.4. The SMILES string of the molecule is CCCCC(NC(=O)N(C)CC1CC(O)C1)C(=O)O. The number of nitrogens with one attached hydrogen (secondary N) is 1. The van der Waals surface area contributed by atoms with E-state index in [-0.39, 0.29) is 12.1 Å². The number of carbonyl (C=O) groups is 2. The number of hydrogen-bond donors (Lipinski definition) is 3. The van der Waals surface area contributed by atoms with Crippen molar-refractivity contribution in [3.05, 3.63) is 0 Å². The highest BCUT2D eigenvalue weighted by molar-refractivity contribution is 5.82. The highest BCUT2D eigenvalue weighted by Crippen LogP contribution is 2.27. The predicted octanol–water partition coefficient (Wildman–Crippen LogP) is 1.04. The first-order chi connectivity index (χ1) is 8.93. The first kappa shape index (κ1) is 15.8. The molecular weight excluding hydrogens is 248 g/mol. The van der Waals surface area contributed by atoms with Gasteiger partial charge in [-0.05, 0) is 25.2 Å². The van der Waals surface area contributed by atoms with Crippen LogP contribution in [-0.2, 0) is 4.79 Å². The maximum Gasteiger partial charge on any atom is 0.326 e. The molecule has 19 heavy (non-hydrogen) atoms. The van der Waals surface area contributed by atoms with Crippen molar-refractivity contribution in [2.24, 2.45) is 5.92 Å². The van der Waals surface area contributed by atoms with E-state index in [1.54, 1.807) is 7.05 Å². The Labute approximate surface area is 113 Å². The van der Waals surface area contributed by atoms with Gasteiger partial charge in [-0.25, -0.2) is 9.59 Å². The standard InChI is InChI=1S/C13H24N2O4/c1-3-4-5-11(12(17)18)14-13(19)15(2)8-9-6-10(16)7-9/h9-11,16H,3-8H2,1-2H3,(H,14,19)(H,17,18). The average Bonchev–Trinajstić information content (AvgIpc) is 2.31. The maximum absolute atomic E-state index is 11.9. The van der Waals surface area contributed by atoms with Crippen LogP contribution in [0.4, 0.5) is 4.79 Å². The van der Waals surface area contributed by atoms with E-state index in [2.05, 4.69) is 5.32 Å². The Morgan fingerprint density at radius 3 is 2.53 bits per heavy atom. The molecule has 1 rings (SSSR count). The van der Waals surface area contributed by atoms with Crippen molar-refractivity contribution in [3.63, 3.8) is 0 Å². The largest absolute Gasteiger partial charge is 0.480 e. The summed E-state index contributed by atoms with van der Waals surface area (Å²) < 4.78 is 0. The van der Waals surface area contributed by atoms with Crippen LogP contribution in [0, 0.1) is 5.92 Å². The number of amides is 2. The lowest BCUT2D eigenvalue weighted by molar-refractivity contribution is -0.139. The van der Waals surface area contributed by atoms with E-state index in [4.69, 9.17) is 5.11 Å². The number of aliphatic hydroxyl groups excluding tert-OH is 1. The van der Waals surface area contributed by atoms with Crippen LogP contribution in [0.2, 0.25) is 0 Å². The van der Waals surface area contributed by atoms with E-state index in [0.29, 0.717) is 18.9 Å². The molecule has 0 bridgehead atoms. The zero-order chi connectivity index (χ0) is 14.4. The molecule has 0 saturated heterocycles. The lowest BCUT2D eigenvalue weighted by Crippen LogP contribution is -2.49. The fourth-order valence-electron chi connectivity index (χ4n) is 2.24. The molecule has 2 amide bonds. The molecule has 1 saturated carbocycles. The molecule has 0 aromatic heterocycles. The fourth-order valence-corrected chi connectivity index (χ4v) is 2.24. The minimum absolute atomic E-state index is 0.238. The van der Waals surface area contributed by atoms with Crippen LogP contribution in [0.15, 0.2) is 0 Å². The fraction of sp³-hybridized carbons (Fsp3) is 0.846. The summed E-state index contributed by atoms with van der Waals surface area (Å²) in [6.45, 7) is 2.54. The van der Waals surface area contributed by atoms with Crippen molar-refractivity contribution < 1.29 is 19.8 Å². The molecule has 1 atom stereocenters. The number of aliphatic carboxylic acids is 1. The van der Waals surface area contributed by atoms with E-state index < -0.39 is 12.0 Å². The predicted molar refractivity (Wildman–Crippen MR) is 70.8 cm³/mol. The van der Waals surface area contributed by atoms with E-state index in [1.807, 2.05) is 6.92 Å². The van der Waals surface area contributed by atoms with E-state index >= 15 is 0 Å². The van der Waals surface area contributed by atoms with Crippen LogP contribution in [0.3, 0.4) is 0 Å². The summed E-state index contributed by atoms with van der Waals surface area (Å²) >= 11 is 0. The summed E-state index contributed by atoms with van der Waals surface area (Å²) in [5, 5.41) is 20.8. The zero-order valence-corrected chi connectivity index (χ0v) is 11.6. The van der Waals surface area contributed by atoms with Gasteiger partial charge in [0, 0.05) is 13.6 Å². The Hall–Kier alpha value is -1.30. The van der Waals surface area contributed by atoms with Gasteiger partial charge in [0.05, 0.1) is 6.10 Å². The van der Waals surface area contributed by atoms with Gasteiger partial charge in [-0.1, -0.05) is 19.8 Å². The van der Waals surface area contributed by atoms with Crippen molar-refractivity contribution in [2.75, 3.05) is 13.6 Å². The van der Waals surface area contributed by atoms with Crippen LogP contribution in [0.25, 0.3) is 0 Å². The molecule has 0 heterocycles. The molecule has 1 unspecified atom stereocenters. The van der Waals surface area contributed by atoms with Gasteiger partial charge in [-0.15, -0.1) is 0 Å². The van der Waals surface area contributed by atoms with E-state index in [1.165, 1.54) is 4.90 Å². The van der Waals surface area contributed by atoms with Gasteiger partial charge in [-0.2, -0.15) is 0 Å². The zero-order valence-electron chi connectivity index (χ0n) is 11.6. The summed E-state index contributed by atoms with van der Waals surface area (Å²) in [4.78, 5) is 24.4. The molecule has 0 radical (unpaired) electrons. The second-order valence-corrected chi connectivity index (χ2v) is 5.35. The summed E-state index contributed by atoms with van der Waals surface area (Å²) in [5.74, 6) is -0.668. The summed E-state index contributed by atoms with van der Waals surface area (Å²) in [5.41, 5.74) is 0. The summed E-state index contributed by atoms with van der Waals surface area (Å²) in [6.07, 6.45) is 3.32.